The molecule has 2 unspecified atom stereocenters. The van der Waals surface area contributed by atoms with Gasteiger partial charge in [-0.05, 0) is 35.3 Å². The third kappa shape index (κ3) is 3.50. The van der Waals surface area contributed by atoms with Crippen molar-refractivity contribution < 1.29 is 19.1 Å². The van der Waals surface area contributed by atoms with Crippen molar-refractivity contribution in [2.45, 2.75) is 26.9 Å². The molecule has 1 aromatic carbocycles. The Morgan fingerprint density at radius 1 is 1.18 bits per heavy atom. The fourth-order valence-corrected chi connectivity index (χ4v) is 3.48. The Labute approximate surface area is 163 Å². The van der Waals surface area contributed by atoms with Gasteiger partial charge in [0.15, 0.2) is 11.5 Å². The molecule has 0 bridgehead atoms. The molecule has 2 aliphatic heterocycles. The molecule has 6 heteroatoms. The topological polar surface area (TPSA) is 77.0 Å². The van der Waals surface area contributed by atoms with E-state index >= 15 is 0 Å². The van der Waals surface area contributed by atoms with E-state index in [1.54, 1.807) is 30.4 Å². The van der Waals surface area contributed by atoms with Crippen LogP contribution in [0, 0.1) is 11.3 Å². The molecule has 2 atom stereocenters. The number of nitrogens with zero attached hydrogens (tertiary/aromatic N) is 1. The van der Waals surface area contributed by atoms with Gasteiger partial charge in [-0.1, -0.05) is 39.0 Å². The monoisotopic (exact) mass is 378 g/mol. The number of hydrogen-bond donors (Lipinski definition) is 1. The first-order valence-corrected chi connectivity index (χ1v) is 9.25. The number of carbonyl (C=O) groups excluding carboxylic acids is 2. The molecular weight excluding hydrogens is 356 g/mol. The summed E-state index contributed by atoms with van der Waals surface area (Å²) in [6.07, 6.45) is 6.38. The van der Waals surface area contributed by atoms with E-state index in [1.807, 2.05) is 18.2 Å². The lowest BCUT2D eigenvalue weighted by molar-refractivity contribution is -0.126. The molecule has 3 aliphatic rings. The molecule has 0 saturated carbocycles. The molecular formula is C22H22N2O4. The number of ether oxygens (including phenoxy) is 2. The maximum Gasteiger partial charge on any atom is 0.290 e. The Hall–Kier alpha value is -3.15. The second-order valence-electron chi connectivity index (χ2n) is 8.01. The number of fused-ring (bicyclic) bond motifs is 2. The second kappa shape index (κ2) is 6.78. The van der Waals surface area contributed by atoms with Crippen LogP contribution in [0.4, 0.5) is 0 Å². The highest BCUT2D eigenvalue weighted by Gasteiger charge is 2.33. The van der Waals surface area contributed by atoms with Crippen LogP contribution in [-0.4, -0.2) is 30.2 Å². The molecule has 0 radical (unpaired) electrons. The fraction of sp³-hybridized carbons (Fsp3) is 0.318. The first-order valence-electron chi connectivity index (χ1n) is 9.25. The third-order valence-electron chi connectivity index (χ3n) is 4.88. The molecule has 0 aromatic heterocycles. The third-order valence-corrected chi connectivity index (χ3v) is 4.88. The summed E-state index contributed by atoms with van der Waals surface area (Å²) in [7, 11) is 0. The highest BCUT2D eigenvalue weighted by Crippen LogP contribution is 2.38. The molecule has 28 heavy (non-hydrogen) atoms. The van der Waals surface area contributed by atoms with Gasteiger partial charge < -0.3 is 14.8 Å². The molecule has 1 N–H and O–H groups in total. The van der Waals surface area contributed by atoms with E-state index in [1.165, 1.54) is 0 Å². The van der Waals surface area contributed by atoms with Crippen LogP contribution >= 0.6 is 0 Å². The Morgan fingerprint density at radius 3 is 2.68 bits per heavy atom. The summed E-state index contributed by atoms with van der Waals surface area (Å²) in [4.78, 5) is 28.8. The zero-order valence-corrected chi connectivity index (χ0v) is 16.1. The minimum absolute atomic E-state index is 0.0205. The molecule has 1 aliphatic carbocycles. The van der Waals surface area contributed by atoms with Crippen molar-refractivity contribution in [1.29, 1.82) is 0 Å². The number of aliphatic imine (C=N–C) groups is 1. The number of rotatable bonds is 1. The van der Waals surface area contributed by atoms with Gasteiger partial charge in [-0.3, -0.25) is 9.59 Å². The lowest BCUT2D eigenvalue weighted by Gasteiger charge is -2.34. The number of amides is 2. The molecule has 0 saturated heterocycles. The number of hydrogen-bond acceptors (Lipinski definition) is 4. The van der Waals surface area contributed by atoms with Crippen LogP contribution < -0.4 is 14.8 Å². The van der Waals surface area contributed by atoms with Crippen LogP contribution in [0.1, 0.15) is 20.8 Å². The molecule has 2 heterocycles. The maximum absolute atomic E-state index is 12.6. The van der Waals surface area contributed by atoms with Crippen molar-refractivity contribution in [2.24, 2.45) is 16.3 Å². The van der Waals surface area contributed by atoms with Crippen LogP contribution in [-0.2, 0) is 9.59 Å². The summed E-state index contributed by atoms with van der Waals surface area (Å²) in [5.74, 6) is 0.553. The molecule has 0 spiro atoms. The number of allylic oxidation sites excluding steroid dienone is 3. The van der Waals surface area contributed by atoms with Crippen molar-refractivity contribution in [3.05, 3.63) is 59.8 Å². The standard InChI is InChI=1S/C22H22N2O4/c1-22(2,3)15-11-20(25)24-16-10-13(8-9-14(15)16)23-21(26)19-12-27-17-6-4-5-7-18(17)28-19/h4-11,14,19H,12H2,1-3H3,(H,24,25). The SMILES string of the molecule is CC(C)(C)C1=CC(=O)NC2=CC(=NC(=O)C3COc4ccccc4O3)C=CC21. The van der Waals surface area contributed by atoms with Crippen LogP contribution in [0.25, 0.3) is 0 Å². The zero-order chi connectivity index (χ0) is 19.9. The van der Waals surface area contributed by atoms with E-state index in [0.29, 0.717) is 17.2 Å². The Kier molecular flexibility index (Phi) is 4.41. The maximum atomic E-state index is 12.6. The number of nitrogens with one attached hydrogen (secondary N) is 1. The van der Waals surface area contributed by atoms with Gasteiger partial charge in [0.2, 0.25) is 12.0 Å². The van der Waals surface area contributed by atoms with Crippen LogP contribution in [0.2, 0.25) is 0 Å². The predicted octanol–water partition coefficient (Wildman–Crippen LogP) is 2.97. The fourth-order valence-electron chi connectivity index (χ4n) is 3.48. The Balaban J connectivity index is 1.54. The van der Waals surface area contributed by atoms with E-state index in [4.69, 9.17) is 9.47 Å². The first-order chi connectivity index (χ1) is 13.3. The lowest BCUT2D eigenvalue weighted by Crippen LogP contribution is -2.37. The Morgan fingerprint density at radius 2 is 1.93 bits per heavy atom. The van der Waals surface area contributed by atoms with Crippen molar-refractivity contribution >= 4 is 17.5 Å². The van der Waals surface area contributed by atoms with Crippen molar-refractivity contribution in [2.75, 3.05) is 6.61 Å². The first kappa shape index (κ1) is 18.2. The molecule has 2 amide bonds. The molecule has 1 aromatic rings. The Bertz CT molecular complexity index is 963. The molecule has 6 nitrogen and oxygen atoms in total. The largest absolute Gasteiger partial charge is 0.485 e. The van der Waals surface area contributed by atoms with Gasteiger partial charge in [0.05, 0.1) is 5.71 Å². The van der Waals surface area contributed by atoms with Crippen molar-refractivity contribution in [3.63, 3.8) is 0 Å². The average Bonchev–Trinajstić information content (AvgIpc) is 2.66. The minimum Gasteiger partial charge on any atom is -0.485 e. The van der Waals surface area contributed by atoms with Crippen LogP contribution in [0.15, 0.2) is 64.8 Å². The van der Waals surface area contributed by atoms with Crippen LogP contribution in [0.3, 0.4) is 0 Å². The highest BCUT2D eigenvalue weighted by molar-refractivity contribution is 6.12. The van der Waals surface area contributed by atoms with Crippen molar-refractivity contribution in [1.82, 2.24) is 5.32 Å². The van der Waals surface area contributed by atoms with E-state index in [0.717, 1.165) is 11.3 Å². The number of carbonyl (C=O) groups is 2. The van der Waals surface area contributed by atoms with Crippen LogP contribution in [0.5, 0.6) is 11.5 Å². The predicted molar refractivity (Wildman–Crippen MR) is 105 cm³/mol. The quantitative estimate of drug-likeness (QED) is 0.815. The average molecular weight is 378 g/mol. The van der Waals surface area contributed by atoms with Gasteiger partial charge in [-0.2, -0.15) is 0 Å². The molecule has 144 valence electrons. The zero-order valence-electron chi connectivity index (χ0n) is 16.1. The lowest BCUT2D eigenvalue weighted by atomic mass is 9.74. The highest BCUT2D eigenvalue weighted by atomic mass is 16.6. The number of benzene rings is 1. The minimum atomic E-state index is -0.794. The van der Waals surface area contributed by atoms with Gasteiger partial charge in [0.25, 0.3) is 5.91 Å². The van der Waals surface area contributed by atoms with E-state index in [9.17, 15) is 9.59 Å². The van der Waals surface area contributed by atoms with E-state index in [2.05, 4.69) is 31.1 Å². The normalized spacial score (nSPS) is 24.8. The van der Waals surface area contributed by atoms with E-state index < -0.39 is 12.0 Å². The van der Waals surface area contributed by atoms with Gasteiger partial charge in [-0.15, -0.1) is 0 Å². The summed E-state index contributed by atoms with van der Waals surface area (Å²) in [5, 5.41) is 2.86. The summed E-state index contributed by atoms with van der Waals surface area (Å²) in [5.41, 5.74) is 2.10. The second-order valence-corrected chi connectivity index (χ2v) is 8.01. The molecule has 0 fully saturated rings. The van der Waals surface area contributed by atoms with Gasteiger partial charge in [-0.25, -0.2) is 4.99 Å². The summed E-state index contributed by atoms with van der Waals surface area (Å²) in [6, 6.07) is 7.22. The smallest absolute Gasteiger partial charge is 0.290 e. The van der Waals surface area contributed by atoms with Crippen molar-refractivity contribution in [3.8, 4) is 11.5 Å². The molecule has 4 rings (SSSR count). The summed E-state index contributed by atoms with van der Waals surface area (Å²) < 4.78 is 11.3. The number of para-hydroxylation sites is 2. The summed E-state index contributed by atoms with van der Waals surface area (Å²) >= 11 is 0. The summed E-state index contributed by atoms with van der Waals surface area (Å²) in [6.45, 7) is 6.35. The van der Waals surface area contributed by atoms with Gasteiger partial charge in [0, 0.05) is 17.7 Å². The van der Waals surface area contributed by atoms with E-state index in [-0.39, 0.29) is 23.8 Å². The van der Waals surface area contributed by atoms with Gasteiger partial charge in [0.1, 0.15) is 6.61 Å². The van der Waals surface area contributed by atoms with Gasteiger partial charge >= 0.3 is 0 Å².